The minimum Gasteiger partial charge on any atom is -0.285 e. The summed E-state index contributed by atoms with van der Waals surface area (Å²) in [4.78, 5) is 11.5. The summed E-state index contributed by atoms with van der Waals surface area (Å²) in [6.45, 7) is 0. The quantitative estimate of drug-likeness (QED) is 0.179. The van der Waals surface area contributed by atoms with Crippen LogP contribution >= 0.6 is 22.7 Å². The molecule has 0 aliphatic heterocycles. The monoisotopic (exact) mass is 614 g/mol. The average molecular weight is 615 g/mol. The molecule has 0 unspecified atom stereocenters. The lowest BCUT2D eigenvalue weighted by Crippen LogP contribution is -2.16. The molecule has 7 rings (SSSR count). The summed E-state index contributed by atoms with van der Waals surface area (Å²) in [6.07, 6.45) is 0. The highest BCUT2D eigenvalue weighted by Gasteiger charge is 2.15. The van der Waals surface area contributed by atoms with Crippen LogP contribution in [0.5, 0.6) is 0 Å². The van der Waals surface area contributed by atoms with Crippen molar-refractivity contribution in [3.8, 4) is 33.9 Å². The van der Waals surface area contributed by atoms with E-state index in [2.05, 4.69) is 15.2 Å². The Kier molecular flexibility index (Phi) is 7.67. The Morgan fingerprint density at radius 1 is 0.455 bits per heavy atom. The Bertz CT molecular complexity index is 2020. The topological polar surface area (TPSA) is 34.6 Å². The lowest BCUT2D eigenvalue weighted by Gasteiger charge is -2.14. The number of rotatable bonds is 6. The van der Waals surface area contributed by atoms with E-state index < -0.39 is 0 Å². The molecule has 2 heterocycles. The number of nitrogens with zero attached hydrogens (tertiary/aromatic N) is 4. The molecule has 214 valence electrons. The Balaban J connectivity index is 1.45. The van der Waals surface area contributed by atoms with Crippen LogP contribution in [0.1, 0.15) is 0 Å². The molecule has 0 aliphatic carbocycles. The van der Waals surface area contributed by atoms with E-state index >= 15 is 0 Å². The molecule has 0 fully saturated rings. The van der Waals surface area contributed by atoms with Gasteiger partial charge in [0.2, 0.25) is 0 Å². The molecule has 44 heavy (non-hydrogen) atoms. The van der Waals surface area contributed by atoms with Gasteiger partial charge in [-0.1, -0.05) is 42.5 Å². The van der Waals surface area contributed by atoms with Crippen LogP contribution in [-0.4, -0.2) is 9.13 Å². The third-order valence-electron chi connectivity index (χ3n) is 7.00. The van der Waals surface area contributed by atoms with Gasteiger partial charge in [-0.15, -0.1) is 22.7 Å². The molecule has 5 aromatic carbocycles. The highest BCUT2D eigenvalue weighted by molar-refractivity contribution is 7.07. The lowest BCUT2D eigenvalue weighted by molar-refractivity contribution is 0.627. The van der Waals surface area contributed by atoms with Crippen molar-refractivity contribution < 1.29 is 8.78 Å². The molecule has 0 amide bonds. The maximum absolute atomic E-state index is 13.9. The first-order valence-corrected chi connectivity index (χ1v) is 15.6. The van der Waals surface area contributed by atoms with Gasteiger partial charge in [0.1, 0.15) is 11.6 Å². The van der Waals surface area contributed by atoms with E-state index in [-0.39, 0.29) is 11.6 Å². The molecule has 0 N–H and O–H groups in total. The van der Waals surface area contributed by atoms with Crippen molar-refractivity contribution in [3.63, 3.8) is 0 Å². The zero-order chi connectivity index (χ0) is 29.9. The molecular formula is C36H24F2N4S2. The fraction of sp³-hybridized carbons (Fsp3) is 0. The van der Waals surface area contributed by atoms with E-state index in [0.29, 0.717) is 0 Å². The van der Waals surface area contributed by atoms with Gasteiger partial charge in [-0.25, -0.2) is 18.8 Å². The van der Waals surface area contributed by atoms with E-state index in [1.165, 1.54) is 46.9 Å². The van der Waals surface area contributed by atoms with Crippen molar-refractivity contribution in [2.75, 3.05) is 0 Å². The first-order chi connectivity index (χ1) is 21.6. The van der Waals surface area contributed by atoms with Crippen molar-refractivity contribution in [1.29, 1.82) is 0 Å². The van der Waals surface area contributed by atoms with Crippen molar-refractivity contribution in [3.05, 3.63) is 165 Å². The van der Waals surface area contributed by atoms with Gasteiger partial charge in [-0.05, 0) is 102 Å². The van der Waals surface area contributed by atoms with Crippen molar-refractivity contribution >= 4 is 34.0 Å². The number of aromatic nitrogens is 2. The summed E-state index contributed by atoms with van der Waals surface area (Å²) in [5.41, 5.74) is 6.96. The molecular weight excluding hydrogens is 591 g/mol. The van der Waals surface area contributed by atoms with Crippen LogP contribution < -0.4 is 9.60 Å². The van der Waals surface area contributed by atoms with Crippen LogP contribution in [0.3, 0.4) is 0 Å². The Hall–Kier alpha value is -5.18. The first kappa shape index (κ1) is 27.6. The van der Waals surface area contributed by atoms with Gasteiger partial charge in [0.25, 0.3) is 0 Å². The minimum absolute atomic E-state index is 0.288. The standard InChI is InChI=1S/C36H24F2N4S2/c37-27-18-14-25(15-19-27)33-23-43-35(39-29-8-3-1-4-9-29)41(33)31-12-7-13-32(22-31)42-34(26-16-20-28(38)21-17-26)24-44-36(42)40-30-10-5-2-6-11-30/h1-24H. The molecule has 7 aromatic rings. The largest absolute Gasteiger partial charge is 0.285 e. The zero-order valence-electron chi connectivity index (χ0n) is 23.2. The second-order valence-corrected chi connectivity index (χ2v) is 11.6. The van der Waals surface area contributed by atoms with Crippen molar-refractivity contribution in [2.24, 2.45) is 9.98 Å². The zero-order valence-corrected chi connectivity index (χ0v) is 24.9. The summed E-state index contributed by atoms with van der Waals surface area (Å²) in [7, 11) is 0. The van der Waals surface area contributed by atoms with Gasteiger partial charge in [0.15, 0.2) is 9.60 Å². The fourth-order valence-electron chi connectivity index (χ4n) is 4.92. The van der Waals surface area contributed by atoms with Crippen LogP contribution in [-0.2, 0) is 0 Å². The number of para-hydroxylation sites is 2. The summed E-state index contributed by atoms with van der Waals surface area (Å²) in [5.74, 6) is -0.577. The molecule has 0 radical (unpaired) electrons. The number of hydrogen-bond donors (Lipinski definition) is 0. The Morgan fingerprint density at radius 3 is 1.27 bits per heavy atom. The molecule has 0 bridgehead atoms. The third kappa shape index (κ3) is 5.73. The van der Waals surface area contributed by atoms with Gasteiger partial charge < -0.3 is 0 Å². The smallest absolute Gasteiger partial charge is 0.195 e. The van der Waals surface area contributed by atoms with Gasteiger partial charge in [-0.2, -0.15) is 0 Å². The fourth-order valence-corrected chi connectivity index (χ4v) is 6.77. The SMILES string of the molecule is Fc1ccc(-c2csc(=Nc3ccccc3)n2-c2cccc(-n3c(-c4ccc(F)cc4)csc3=Nc3ccccc3)c2)cc1. The van der Waals surface area contributed by atoms with Gasteiger partial charge in [0, 0.05) is 10.8 Å². The molecule has 2 aromatic heterocycles. The normalized spacial score (nSPS) is 12.1. The first-order valence-electron chi connectivity index (χ1n) is 13.9. The predicted octanol–water partition coefficient (Wildman–Crippen LogP) is 9.47. The number of thiazole rings is 2. The van der Waals surface area contributed by atoms with Crippen LogP contribution in [0.15, 0.2) is 154 Å². The van der Waals surface area contributed by atoms with Crippen molar-refractivity contribution in [2.45, 2.75) is 0 Å². The predicted molar refractivity (Wildman–Crippen MR) is 175 cm³/mol. The van der Waals surface area contributed by atoms with Crippen LogP contribution in [0.4, 0.5) is 20.2 Å². The van der Waals surface area contributed by atoms with E-state index in [9.17, 15) is 8.78 Å². The van der Waals surface area contributed by atoms with Crippen LogP contribution in [0, 0.1) is 11.6 Å². The number of halogens is 2. The van der Waals surface area contributed by atoms with E-state index in [4.69, 9.17) is 9.98 Å². The number of benzene rings is 5. The van der Waals surface area contributed by atoms with E-state index in [1.54, 1.807) is 24.3 Å². The van der Waals surface area contributed by atoms with Gasteiger partial charge in [0.05, 0.1) is 34.1 Å². The summed E-state index contributed by atoms with van der Waals surface area (Å²) >= 11 is 3.04. The molecule has 0 aliphatic rings. The van der Waals surface area contributed by atoms with Gasteiger partial charge in [-0.3, -0.25) is 9.13 Å². The molecule has 0 saturated heterocycles. The Labute approximate surface area is 260 Å². The molecule has 4 nitrogen and oxygen atoms in total. The van der Waals surface area contributed by atoms with Crippen LogP contribution in [0.2, 0.25) is 0 Å². The second kappa shape index (κ2) is 12.2. The summed E-state index contributed by atoms with van der Waals surface area (Å²) in [5, 5.41) is 4.08. The molecule has 8 heteroatoms. The maximum Gasteiger partial charge on any atom is 0.195 e. The lowest BCUT2D eigenvalue weighted by atomic mass is 10.1. The molecule has 0 saturated carbocycles. The van der Waals surface area contributed by atoms with E-state index in [1.807, 2.05) is 89.6 Å². The molecule has 0 spiro atoms. The minimum atomic E-state index is -0.288. The maximum atomic E-state index is 13.9. The second-order valence-electron chi connectivity index (χ2n) is 9.91. The van der Waals surface area contributed by atoms with Crippen LogP contribution in [0.25, 0.3) is 33.9 Å². The highest BCUT2D eigenvalue weighted by Crippen LogP contribution is 2.28. The summed E-state index contributed by atoms with van der Waals surface area (Å²) < 4.78 is 31.9. The molecule has 0 atom stereocenters. The average Bonchev–Trinajstić information content (AvgIpc) is 3.67. The highest BCUT2D eigenvalue weighted by atomic mass is 32.1. The summed E-state index contributed by atoms with van der Waals surface area (Å²) in [6, 6.07) is 40.8. The Morgan fingerprint density at radius 2 is 0.864 bits per heavy atom. The van der Waals surface area contributed by atoms with Gasteiger partial charge >= 0.3 is 0 Å². The third-order valence-corrected chi connectivity index (χ3v) is 8.66. The number of hydrogen-bond acceptors (Lipinski definition) is 4. The van der Waals surface area contributed by atoms with E-state index in [0.717, 1.165) is 54.9 Å². The van der Waals surface area contributed by atoms with Crippen molar-refractivity contribution in [1.82, 2.24) is 9.13 Å².